The van der Waals surface area contributed by atoms with Crippen LogP contribution in [0.3, 0.4) is 0 Å². The van der Waals surface area contributed by atoms with Gasteiger partial charge in [-0.2, -0.15) is 0 Å². The summed E-state index contributed by atoms with van der Waals surface area (Å²) in [6.45, 7) is 1.58. The molecule has 1 aromatic carbocycles. The highest BCUT2D eigenvalue weighted by molar-refractivity contribution is 6.17. The van der Waals surface area contributed by atoms with Crippen LogP contribution in [0.5, 0.6) is 0 Å². The van der Waals surface area contributed by atoms with Crippen LogP contribution in [0.1, 0.15) is 12.5 Å². The first-order valence-corrected chi connectivity index (χ1v) is 4.87. The average molecular weight is 223 g/mol. The molecule has 0 aromatic heterocycles. The number of anilines is 1. The van der Waals surface area contributed by atoms with E-state index in [4.69, 9.17) is 0 Å². The smallest absolute Gasteiger partial charge is 0.358 e. The Kier molecular flexibility index (Phi) is 2.38. The van der Waals surface area contributed by atoms with Gasteiger partial charge in [0, 0.05) is 11.3 Å². The molecule has 1 aliphatic heterocycles. The Balaban J connectivity index is 2.48. The summed E-state index contributed by atoms with van der Waals surface area (Å²) in [6, 6.07) is 6.14. The van der Waals surface area contributed by atoms with Gasteiger partial charge in [0.15, 0.2) is 0 Å². The SMILES string of the molecule is CCOC(=O)C1(F)C(=O)Nc2ccccc21. The van der Waals surface area contributed by atoms with Gasteiger partial charge < -0.3 is 10.1 Å². The van der Waals surface area contributed by atoms with Gasteiger partial charge in [-0.25, -0.2) is 9.18 Å². The molecule has 0 radical (unpaired) electrons. The Morgan fingerprint density at radius 1 is 1.50 bits per heavy atom. The maximum Gasteiger partial charge on any atom is 0.358 e. The molecule has 1 unspecified atom stereocenters. The van der Waals surface area contributed by atoms with Crippen molar-refractivity contribution in [3.05, 3.63) is 29.8 Å². The molecule has 1 N–H and O–H groups in total. The van der Waals surface area contributed by atoms with Gasteiger partial charge in [-0.1, -0.05) is 18.2 Å². The van der Waals surface area contributed by atoms with E-state index in [2.05, 4.69) is 10.1 Å². The van der Waals surface area contributed by atoms with Crippen LogP contribution in [0.25, 0.3) is 0 Å². The van der Waals surface area contributed by atoms with Crippen LogP contribution in [0, 0.1) is 0 Å². The molecule has 0 aliphatic carbocycles. The molecule has 5 heteroatoms. The molecule has 1 atom stereocenters. The molecule has 1 aromatic rings. The van der Waals surface area contributed by atoms with Gasteiger partial charge in [0.2, 0.25) is 0 Å². The van der Waals surface area contributed by atoms with Gasteiger partial charge in [-0.05, 0) is 13.0 Å². The number of halogens is 1. The molecule has 4 nitrogen and oxygen atoms in total. The Hall–Kier alpha value is -1.91. The second-order valence-corrected chi connectivity index (χ2v) is 3.38. The molecular formula is C11H10FNO3. The highest BCUT2D eigenvalue weighted by Crippen LogP contribution is 2.39. The standard InChI is InChI=1S/C11H10FNO3/c1-2-16-10(15)11(12)7-5-3-4-6-8(7)13-9(11)14/h3-6H,2H2,1H3,(H,13,14). The minimum atomic E-state index is -2.72. The number of alkyl halides is 1. The number of carbonyl (C=O) groups is 2. The number of rotatable bonds is 2. The van der Waals surface area contributed by atoms with Crippen molar-refractivity contribution in [1.29, 1.82) is 0 Å². The third-order valence-electron chi connectivity index (χ3n) is 2.42. The van der Waals surface area contributed by atoms with E-state index in [0.717, 1.165) is 0 Å². The van der Waals surface area contributed by atoms with Crippen LogP contribution >= 0.6 is 0 Å². The average Bonchev–Trinajstić information content (AvgIpc) is 2.53. The van der Waals surface area contributed by atoms with Gasteiger partial charge in [-0.15, -0.1) is 0 Å². The van der Waals surface area contributed by atoms with Crippen LogP contribution in [0.4, 0.5) is 10.1 Å². The second kappa shape index (κ2) is 3.59. The fraction of sp³-hybridized carbons (Fsp3) is 0.273. The van der Waals surface area contributed by atoms with Gasteiger partial charge in [0.05, 0.1) is 6.61 Å². The number of fused-ring (bicyclic) bond motifs is 1. The van der Waals surface area contributed by atoms with E-state index in [0.29, 0.717) is 5.69 Å². The molecule has 1 heterocycles. The molecule has 1 aliphatic rings. The van der Waals surface area contributed by atoms with Gasteiger partial charge in [-0.3, -0.25) is 4.79 Å². The summed E-state index contributed by atoms with van der Waals surface area (Å²) in [6.07, 6.45) is 0. The molecule has 0 bridgehead atoms. The summed E-state index contributed by atoms with van der Waals surface area (Å²) in [7, 11) is 0. The molecule has 0 fully saturated rings. The summed E-state index contributed by atoms with van der Waals surface area (Å²) >= 11 is 0. The number of benzene rings is 1. The lowest BCUT2D eigenvalue weighted by molar-refractivity contribution is -0.161. The Labute approximate surface area is 91.4 Å². The first-order valence-electron chi connectivity index (χ1n) is 4.87. The molecule has 16 heavy (non-hydrogen) atoms. The summed E-state index contributed by atoms with van der Waals surface area (Å²) in [5.41, 5.74) is -2.39. The molecule has 2 rings (SSSR count). The third kappa shape index (κ3) is 1.28. The van der Waals surface area contributed by atoms with Crippen LogP contribution in [0.15, 0.2) is 24.3 Å². The first-order chi connectivity index (χ1) is 7.60. The largest absolute Gasteiger partial charge is 0.463 e. The zero-order valence-corrected chi connectivity index (χ0v) is 8.62. The number of carbonyl (C=O) groups excluding carboxylic acids is 2. The number of nitrogens with one attached hydrogen (secondary N) is 1. The first kappa shape index (κ1) is 10.6. The van der Waals surface area contributed by atoms with Gasteiger partial charge >= 0.3 is 11.6 Å². The summed E-state index contributed by atoms with van der Waals surface area (Å²) in [5, 5.41) is 2.31. The zero-order valence-electron chi connectivity index (χ0n) is 8.62. The predicted molar refractivity (Wildman–Crippen MR) is 54.5 cm³/mol. The fourth-order valence-electron chi connectivity index (χ4n) is 1.66. The Morgan fingerprint density at radius 3 is 2.88 bits per heavy atom. The van der Waals surface area contributed by atoms with Crippen molar-refractivity contribution in [2.75, 3.05) is 11.9 Å². The maximum atomic E-state index is 14.4. The topological polar surface area (TPSA) is 55.4 Å². The van der Waals surface area contributed by atoms with E-state index >= 15 is 0 Å². The van der Waals surface area contributed by atoms with Crippen molar-refractivity contribution < 1.29 is 18.7 Å². The van der Waals surface area contributed by atoms with E-state index in [1.165, 1.54) is 12.1 Å². The van der Waals surface area contributed by atoms with E-state index < -0.39 is 17.5 Å². The summed E-state index contributed by atoms with van der Waals surface area (Å²) in [4.78, 5) is 23.0. The van der Waals surface area contributed by atoms with E-state index in [1.807, 2.05) is 0 Å². The van der Waals surface area contributed by atoms with Crippen LogP contribution in [-0.2, 0) is 20.0 Å². The number of amides is 1. The second-order valence-electron chi connectivity index (χ2n) is 3.38. The number of esters is 1. The van der Waals surface area contributed by atoms with E-state index in [-0.39, 0.29) is 12.2 Å². The van der Waals surface area contributed by atoms with E-state index in [9.17, 15) is 14.0 Å². The third-order valence-corrected chi connectivity index (χ3v) is 2.42. The van der Waals surface area contributed by atoms with Crippen LogP contribution < -0.4 is 5.32 Å². The summed E-state index contributed by atoms with van der Waals surface area (Å²) in [5.74, 6) is -2.16. The number of hydrogen-bond acceptors (Lipinski definition) is 3. The quantitative estimate of drug-likeness (QED) is 0.608. The lowest BCUT2D eigenvalue weighted by Crippen LogP contribution is -2.39. The fourth-order valence-corrected chi connectivity index (χ4v) is 1.66. The summed E-state index contributed by atoms with van der Waals surface area (Å²) < 4.78 is 19.0. The molecule has 0 saturated heterocycles. The number of para-hydroxylation sites is 1. The van der Waals surface area contributed by atoms with E-state index in [1.54, 1.807) is 19.1 Å². The normalized spacial score (nSPS) is 22.5. The van der Waals surface area contributed by atoms with Crippen molar-refractivity contribution in [2.24, 2.45) is 0 Å². The maximum absolute atomic E-state index is 14.4. The molecule has 0 spiro atoms. The van der Waals surface area contributed by atoms with Crippen molar-refractivity contribution in [3.63, 3.8) is 0 Å². The number of ether oxygens (including phenoxy) is 1. The van der Waals surface area contributed by atoms with Crippen molar-refractivity contribution >= 4 is 17.6 Å². The van der Waals surface area contributed by atoms with Crippen LogP contribution in [0.2, 0.25) is 0 Å². The monoisotopic (exact) mass is 223 g/mol. The van der Waals surface area contributed by atoms with Crippen molar-refractivity contribution in [1.82, 2.24) is 0 Å². The van der Waals surface area contributed by atoms with Crippen molar-refractivity contribution in [2.45, 2.75) is 12.6 Å². The zero-order chi connectivity index (χ0) is 11.8. The Bertz CT molecular complexity index is 460. The van der Waals surface area contributed by atoms with Gasteiger partial charge in [0.25, 0.3) is 5.91 Å². The van der Waals surface area contributed by atoms with Crippen LogP contribution in [-0.4, -0.2) is 18.5 Å². The lowest BCUT2D eigenvalue weighted by atomic mass is 9.98. The number of hydrogen-bond donors (Lipinski definition) is 1. The minimum Gasteiger partial charge on any atom is -0.463 e. The molecule has 0 saturated carbocycles. The molecule has 84 valence electrons. The molecular weight excluding hydrogens is 213 g/mol. The highest BCUT2D eigenvalue weighted by Gasteiger charge is 2.55. The molecule has 1 amide bonds. The highest BCUT2D eigenvalue weighted by atomic mass is 19.1. The van der Waals surface area contributed by atoms with Gasteiger partial charge in [0.1, 0.15) is 0 Å². The lowest BCUT2D eigenvalue weighted by Gasteiger charge is -2.15. The predicted octanol–water partition coefficient (Wildman–Crippen LogP) is 1.37. The van der Waals surface area contributed by atoms with Crippen molar-refractivity contribution in [3.8, 4) is 0 Å². The minimum absolute atomic E-state index is 0.0125. The Morgan fingerprint density at radius 2 is 2.19 bits per heavy atom.